The zero-order valence-electron chi connectivity index (χ0n) is 10.1. The van der Waals surface area contributed by atoms with Gasteiger partial charge in [-0.15, -0.1) is 0 Å². The summed E-state index contributed by atoms with van der Waals surface area (Å²) >= 11 is 5.73. The van der Waals surface area contributed by atoms with E-state index in [1.165, 1.54) is 6.07 Å². The van der Waals surface area contributed by atoms with Crippen LogP contribution in [0.5, 0.6) is 0 Å². The summed E-state index contributed by atoms with van der Waals surface area (Å²) < 4.78 is 32.3. The van der Waals surface area contributed by atoms with Crippen LogP contribution in [-0.2, 0) is 18.5 Å². The van der Waals surface area contributed by atoms with Gasteiger partial charge < -0.3 is 9.47 Å². The number of ether oxygens (including phenoxy) is 2. The van der Waals surface area contributed by atoms with E-state index in [2.05, 4.69) is 0 Å². The summed E-state index contributed by atoms with van der Waals surface area (Å²) in [7, 11) is 1.24. The summed E-state index contributed by atoms with van der Waals surface area (Å²) in [6.07, 6.45) is 0. The first-order valence-electron chi connectivity index (χ1n) is 5.34. The molecule has 5 nitrogen and oxygen atoms in total. The molecule has 8 heteroatoms. The zero-order valence-corrected chi connectivity index (χ0v) is 12.4. The highest BCUT2D eigenvalue weighted by molar-refractivity contribution is 8.13. The topological polar surface area (TPSA) is 69.7 Å². The Balaban J connectivity index is 2.83. The van der Waals surface area contributed by atoms with Crippen LogP contribution in [0.2, 0.25) is 5.02 Å². The summed E-state index contributed by atoms with van der Waals surface area (Å²) in [6.45, 7) is 2.67. The highest BCUT2D eigenvalue weighted by Crippen LogP contribution is 2.22. The first-order valence-corrected chi connectivity index (χ1v) is 8.03. The van der Waals surface area contributed by atoms with Crippen LogP contribution in [0.3, 0.4) is 0 Å². The molecule has 0 radical (unpaired) electrons. The Morgan fingerprint density at radius 2 is 1.95 bits per heavy atom. The lowest BCUT2D eigenvalue weighted by Crippen LogP contribution is -2.11. The highest BCUT2D eigenvalue weighted by Gasteiger charge is 2.16. The molecule has 0 unspecified atom stereocenters. The maximum Gasteiger partial charge on any atom is 0.338 e. The first-order chi connectivity index (χ1) is 8.84. The van der Waals surface area contributed by atoms with Crippen LogP contribution in [0.1, 0.15) is 17.3 Å². The molecular weight excluding hydrogens is 315 g/mol. The van der Waals surface area contributed by atoms with Gasteiger partial charge in [-0.1, -0.05) is 11.6 Å². The van der Waals surface area contributed by atoms with Crippen molar-refractivity contribution in [3.8, 4) is 0 Å². The van der Waals surface area contributed by atoms with Gasteiger partial charge in [0.05, 0.1) is 17.1 Å². The number of carbonyl (C=O) groups excluding carboxylic acids is 1. The van der Waals surface area contributed by atoms with Gasteiger partial charge in [-0.25, -0.2) is 13.2 Å². The number of rotatable bonds is 6. The van der Waals surface area contributed by atoms with E-state index in [0.717, 1.165) is 12.1 Å². The SMILES string of the molecule is CCOCCOC(=O)c1cc(Cl)cc(S(=O)(=O)Cl)c1. The average molecular weight is 327 g/mol. The Kier molecular flexibility index (Phi) is 6.06. The second-order valence-electron chi connectivity index (χ2n) is 3.45. The van der Waals surface area contributed by atoms with Crippen molar-refractivity contribution in [2.45, 2.75) is 11.8 Å². The third-order valence-corrected chi connectivity index (χ3v) is 3.61. The van der Waals surface area contributed by atoms with Crippen LogP contribution in [0.25, 0.3) is 0 Å². The lowest BCUT2D eigenvalue weighted by Gasteiger charge is -2.06. The van der Waals surface area contributed by atoms with Crippen molar-refractivity contribution in [2.24, 2.45) is 0 Å². The second-order valence-corrected chi connectivity index (χ2v) is 6.45. The van der Waals surface area contributed by atoms with E-state index in [1.807, 2.05) is 6.92 Å². The number of esters is 1. The highest BCUT2D eigenvalue weighted by atomic mass is 35.7. The van der Waals surface area contributed by atoms with Gasteiger partial charge in [0.2, 0.25) is 0 Å². The molecular formula is C11H12Cl2O5S. The Bertz CT molecular complexity index is 556. The number of benzene rings is 1. The number of hydrogen-bond acceptors (Lipinski definition) is 5. The molecule has 0 aliphatic rings. The molecule has 0 heterocycles. The fourth-order valence-electron chi connectivity index (χ4n) is 1.24. The van der Waals surface area contributed by atoms with E-state index < -0.39 is 15.0 Å². The van der Waals surface area contributed by atoms with Crippen LogP contribution in [0.4, 0.5) is 0 Å². The zero-order chi connectivity index (χ0) is 14.5. The van der Waals surface area contributed by atoms with Gasteiger partial charge in [0.25, 0.3) is 9.05 Å². The van der Waals surface area contributed by atoms with Gasteiger partial charge >= 0.3 is 5.97 Å². The molecule has 0 aromatic heterocycles. The normalized spacial score (nSPS) is 11.3. The van der Waals surface area contributed by atoms with E-state index >= 15 is 0 Å². The molecule has 0 N–H and O–H groups in total. The summed E-state index contributed by atoms with van der Waals surface area (Å²) in [5, 5.41) is 0.0819. The molecule has 1 rings (SSSR count). The Morgan fingerprint density at radius 3 is 2.53 bits per heavy atom. The summed E-state index contributed by atoms with van der Waals surface area (Å²) in [5.74, 6) is -0.691. The Labute approximate surface area is 120 Å². The Morgan fingerprint density at radius 1 is 1.26 bits per heavy atom. The van der Waals surface area contributed by atoms with Crippen LogP contribution >= 0.6 is 22.3 Å². The summed E-state index contributed by atoms with van der Waals surface area (Å²) in [4.78, 5) is 11.4. The molecule has 0 amide bonds. The van der Waals surface area contributed by atoms with Crippen LogP contribution < -0.4 is 0 Å². The lowest BCUT2D eigenvalue weighted by atomic mass is 10.2. The van der Waals surface area contributed by atoms with Crippen molar-refractivity contribution in [1.29, 1.82) is 0 Å². The fraction of sp³-hybridized carbons (Fsp3) is 0.364. The van der Waals surface area contributed by atoms with Gasteiger partial charge in [0.1, 0.15) is 6.61 Å². The van der Waals surface area contributed by atoms with E-state index in [0.29, 0.717) is 6.61 Å². The lowest BCUT2D eigenvalue weighted by molar-refractivity contribution is 0.0335. The summed E-state index contributed by atoms with van der Waals surface area (Å²) in [5.41, 5.74) is 0.0169. The largest absolute Gasteiger partial charge is 0.460 e. The Hall–Kier alpha value is -0.820. The van der Waals surface area contributed by atoms with Crippen molar-refractivity contribution < 1.29 is 22.7 Å². The van der Waals surface area contributed by atoms with Gasteiger partial charge in [-0.05, 0) is 25.1 Å². The van der Waals surface area contributed by atoms with Crippen LogP contribution in [0, 0.1) is 0 Å². The standard InChI is InChI=1S/C11H12Cl2O5S/c1-2-17-3-4-18-11(14)8-5-9(12)7-10(6-8)19(13,15)16/h5-7H,2-4H2,1H3. The van der Waals surface area contributed by atoms with Crippen molar-refractivity contribution in [3.63, 3.8) is 0 Å². The molecule has 0 aliphatic carbocycles. The van der Waals surface area contributed by atoms with Gasteiger partial charge in [0.15, 0.2) is 0 Å². The average Bonchev–Trinajstić information content (AvgIpc) is 2.32. The van der Waals surface area contributed by atoms with Gasteiger partial charge in [0, 0.05) is 22.3 Å². The maximum absolute atomic E-state index is 11.7. The summed E-state index contributed by atoms with van der Waals surface area (Å²) in [6, 6.07) is 3.56. The number of carbonyl (C=O) groups is 1. The third kappa shape index (κ3) is 5.36. The quantitative estimate of drug-likeness (QED) is 0.456. The molecule has 0 spiro atoms. The van der Waals surface area contributed by atoms with Crippen molar-refractivity contribution in [1.82, 2.24) is 0 Å². The van der Waals surface area contributed by atoms with E-state index in [1.54, 1.807) is 0 Å². The van der Waals surface area contributed by atoms with Crippen molar-refractivity contribution >= 4 is 37.3 Å². The maximum atomic E-state index is 11.7. The van der Waals surface area contributed by atoms with E-state index in [4.69, 9.17) is 31.8 Å². The monoisotopic (exact) mass is 326 g/mol. The van der Waals surface area contributed by atoms with Crippen molar-refractivity contribution in [3.05, 3.63) is 28.8 Å². The molecule has 1 aromatic carbocycles. The minimum absolute atomic E-state index is 0.0169. The van der Waals surface area contributed by atoms with Gasteiger partial charge in [-0.2, -0.15) is 0 Å². The number of hydrogen-bond donors (Lipinski definition) is 0. The molecule has 0 fully saturated rings. The predicted molar refractivity (Wildman–Crippen MR) is 71.3 cm³/mol. The second kappa shape index (κ2) is 7.09. The molecule has 0 atom stereocenters. The van der Waals surface area contributed by atoms with Crippen LogP contribution in [0.15, 0.2) is 23.1 Å². The minimum Gasteiger partial charge on any atom is -0.460 e. The molecule has 0 bridgehead atoms. The van der Waals surface area contributed by atoms with Crippen molar-refractivity contribution in [2.75, 3.05) is 19.8 Å². The first kappa shape index (κ1) is 16.2. The number of halogens is 2. The molecule has 19 heavy (non-hydrogen) atoms. The van der Waals surface area contributed by atoms with Crippen LogP contribution in [-0.4, -0.2) is 34.2 Å². The predicted octanol–water partition coefficient (Wildman–Crippen LogP) is 2.46. The van der Waals surface area contributed by atoms with E-state index in [-0.39, 0.29) is 28.7 Å². The molecule has 0 saturated heterocycles. The van der Waals surface area contributed by atoms with Gasteiger partial charge in [-0.3, -0.25) is 0 Å². The minimum atomic E-state index is -3.96. The molecule has 1 aromatic rings. The fourth-order valence-corrected chi connectivity index (χ4v) is 2.34. The smallest absolute Gasteiger partial charge is 0.338 e. The molecule has 0 aliphatic heterocycles. The molecule has 0 saturated carbocycles. The van der Waals surface area contributed by atoms with E-state index in [9.17, 15) is 13.2 Å². The molecule has 106 valence electrons. The third-order valence-electron chi connectivity index (χ3n) is 2.05.